The molecule has 1 heterocycles. The minimum absolute atomic E-state index is 0.0349. The summed E-state index contributed by atoms with van der Waals surface area (Å²) in [4.78, 5) is 24.5. The highest BCUT2D eigenvalue weighted by molar-refractivity contribution is 7.99. The number of amides is 1. The van der Waals surface area contributed by atoms with Crippen molar-refractivity contribution in [3.05, 3.63) is 0 Å². The van der Waals surface area contributed by atoms with Gasteiger partial charge in [0.05, 0.1) is 6.04 Å². The van der Waals surface area contributed by atoms with Gasteiger partial charge in [-0.1, -0.05) is 6.92 Å². The minimum Gasteiger partial charge on any atom is -0.480 e. The van der Waals surface area contributed by atoms with Crippen LogP contribution >= 0.6 is 11.8 Å². The van der Waals surface area contributed by atoms with Crippen molar-refractivity contribution in [2.75, 3.05) is 24.6 Å². The van der Waals surface area contributed by atoms with E-state index in [1.807, 2.05) is 13.8 Å². The second-order valence-corrected chi connectivity index (χ2v) is 5.35. The van der Waals surface area contributed by atoms with E-state index in [1.165, 1.54) is 4.90 Å². The minimum atomic E-state index is -0.956. The standard InChI is InChI=1S/C11H20N2O3S/c1-3-8(2)13(6-10(14)15)11(16)9-7-17-5-4-12-9/h8-9,12H,3-7H2,1-2H3,(H,14,15). The van der Waals surface area contributed by atoms with Crippen molar-refractivity contribution in [3.8, 4) is 0 Å². The van der Waals surface area contributed by atoms with Gasteiger partial charge in [-0.15, -0.1) is 0 Å². The van der Waals surface area contributed by atoms with Gasteiger partial charge < -0.3 is 15.3 Å². The second kappa shape index (κ2) is 6.86. The molecule has 98 valence electrons. The number of carboxylic acid groups (broad SMARTS) is 1. The van der Waals surface area contributed by atoms with Crippen molar-refractivity contribution in [2.24, 2.45) is 0 Å². The van der Waals surface area contributed by atoms with Crippen molar-refractivity contribution in [3.63, 3.8) is 0 Å². The maximum Gasteiger partial charge on any atom is 0.323 e. The van der Waals surface area contributed by atoms with Crippen LogP contribution in [-0.2, 0) is 9.59 Å². The molecule has 0 saturated carbocycles. The van der Waals surface area contributed by atoms with Gasteiger partial charge in [0.1, 0.15) is 6.54 Å². The highest BCUT2D eigenvalue weighted by atomic mass is 32.2. The van der Waals surface area contributed by atoms with Gasteiger partial charge in [0.2, 0.25) is 5.91 Å². The first kappa shape index (κ1) is 14.3. The number of thioether (sulfide) groups is 1. The van der Waals surface area contributed by atoms with Crippen molar-refractivity contribution in [2.45, 2.75) is 32.4 Å². The molecule has 0 radical (unpaired) electrons. The third kappa shape index (κ3) is 4.20. The Hall–Kier alpha value is -0.750. The topological polar surface area (TPSA) is 69.6 Å². The summed E-state index contributed by atoms with van der Waals surface area (Å²) in [5.41, 5.74) is 0. The van der Waals surface area contributed by atoms with E-state index in [2.05, 4.69) is 5.32 Å². The van der Waals surface area contributed by atoms with Crippen LogP contribution in [0.3, 0.4) is 0 Å². The zero-order chi connectivity index (χ0) is 12.8. The predicted molar refractivity (Wildman–Crippen MR) is 68.2 cm³/mol. The molecule has 2 atom stereocenters. The molecule has 1 fully saturated rings. The zero-order valence-electron chi connectivity index (χ0n) is 10.3. The maximum absolute atomic E-state index is 12.2. The largest absolute Gasteiger partial charge is 0.480 e. The molecule has 0 spiro atoms. The lowest BCUT2D eigenvalue weighted by molar-refractivity contribution is -0.146. The Bertz CT molecular complexity index is 280. The molecule has 1 aliphatic heterocycles. The summed E-state index contributed by atoms with van der Waals surface area (Å²) in [6.45, 7) is 4.44. The number of nitrogens with zero attached hydrogens (tertiary/aromatic N) is 1. The van der Waals surface area contributed by atoms with E-state index in [0.717, 1.165) is 24.5 Å². The van der Waals surface area contributed by atoms with Crippen LogP contribution in [0.4, 0.5) is 0 Å². The molecule has 6 heteroatoms. The van der Waals surface area contributed by atoms with E-state index < -0.39 is 5.97 Å². The van der Waals surface area contributed by atoms with E-state index in [0.29, 0.717) is 0 Å². The van der Waals surface area contributed by atoms with Crippen LogP contribution in [0.5, 0.6) is 0 Å². The van der Waals surface area contributed by atoms with Crippen LogP contribution in [0.1, 0.15) is 20.3 Å². The molecular formula is C11H20N2O3S. The van der Waals surface area contributed by atoms with Crippen LogP contribution in [0.25, 0.3) is 0 Å². The lowest BCUT2D eigenvalue weighted by Crippen LogP contribution is -2.54. The highest BCUT2D eigenvalue weighted by Gasteiger charge is 2.29. The Labute approximate surface area is 106 Å². The Morgan fingerprint density at radius 3 is 2.76 bits per heavy atom. The molecule has 0 bridgehead atoms. The zero-order valence-corrected chi connectivity index (χ0v) is 11.1. The number of nitrogens with one attached hydrogen (secondary N) is 1. The summed E-state index contributed by atoms with van der Waals surface area (Å²) in [7, 11) is 0. The molecule has 2 unspecified atom stereocenters. The summed E-state index contributed by atoms with van der Waals surface area (Å²) in [5.74, 6) is 0.688. The molecule has 17 heavy (non-hydrogen) atoms. The Kier molecular flexibility index (Phi) is 5.77. The summed E-state index contributed by atoms with van der Waals surface area (Å²) in [6.07, 6.45) is 0.763. The smallest absolute Gasteiger partial charge is 0.323 e. The molecule has 0 aromatic rings. The molecule has 2 N–H and O–H groups in total. The number of aliphatic carboxylic acids is 1. The molecular weight excluding hydrogens is 240 g/mol. The SMILES string of the molecule is CCC(C)N(CC(=O)O)C(=O)C1CSCCN1. The monoisotopic (exact) mass is 260 g/mol. The molecule has 1 saturated heterocycles. The fraction of sp³-hybridized carbons (Fsp3) is 0.818. The molecule has 1 aliphatic rings. The Morgan fingerprint density at radius 1 is 1.59 bits per heavy atom. The van der Waals surface area contributed by atoms with Gasteiger partial charge in [0, 0.05) is 24.1 Å². The van der Waals surface area contributed by atoms with Crippen LogP contribution in [0, 0.1) is 0 Å². The van der Waals surface area contributed by atoms with Crippen LogP contribution in [0.2, 0.25) is 0 Å². The second-order valence-electron chi connectivity index (χ2n) is 4.20. The lowest BCUT2D eigenvalue weighted by Gasteiger charge is -2.32. The molecule has 1 rings (SSSR count). The van der Waals surface area contributed by atoms with E-state index in [-0.39, 0.29) is 24.5 Å². The fourth-order valence-corrected chi connectivity index (χ4v) is 2.67. The van der Waals surface area contributed by atoms with Crippen molar-refractivity contribution >= 4 is 23.6 Å². The molecule has 0 aromatic heterocycles. The van der Waals surface area contributed by atoms with Gasteiger partial charge in [0.25, 0.3) is 0 Å². The van der Waals surface area contributed by atoms with Gasteiger partial charge in [-0.2, -0.15) is 11.8 Å². The third-order valence-corrected chi connectivity index (χ3v) is 3.99. The van der Waals surface area contributed by atoms with Crippen LogP contribution < -0.4 is 5.32 Å². The number of carbonyl (C=O) groups excluding carboxylic acids is 1. The molecule has 0 aromatic carbocycles. The normalized spacial score (nSPS) is 21.9. The number of rotatable bonds is 5. The summed E-state index contributed by atoms with van der Waals surface area (Å²) in [5, 5.41) is 12.0. The van der Waals surface area contributed by atoms with E-state index in [9.17, 15) is 9.59 Å². The van der Waals surface area contributed by atoms with Gasteiger partial charge in [0.15, 0.2) is 0 Å². The average Bonchev–Trinajstić information content (AvgIpc) is 2.35. The van der Waals surface area contributed by atoms with E-state index in [4.69, 9.17) is 5.11 Å². The van der Waals surface area contributed by atoms with Crippen LogP contribution in [0.15, 0.2) is 0 Å². The Balaban J connectivity index is 2.66. The first-order chi connectivity index (χ1) is 8.06. The van der Waals surface area contributed by atoms with E-state index in [1.54, 1.807) is 11.8 Å². The third-order valence-electron chi connectivity index (χ3n) is 2.93. The van der Waals surface area contributed by atoms with Crippen molar-refractivity contribution < 1.29 is 14.7 Å². The van der Waals surface area contributed by atoms with Crippen LogP contribution in [-0.4, -0.2) is 58.6 Å². The quantitative estimate of drug-likeness (QED) is 0.749. The Morgan fingerprint density at radius 2 is 2.29 bits per heavy atom. The predicted octanol–water partition coefficient (Wildman–Crippen LogP) is 0.403. The maximum atomic E-state index is 12.2. The van der Waals surface area contributed by atoms with Gasteiger partial charge in [-0.05, 0) is 13.3 Å². The van der Waals surface area contributed by atoms with Gasteiger partial charge in [-0.3, -0.25) is 9.59 Å². The van der Waals surface area contributed by atoms with Gasteiger partial charge in [-0.25, -0.2) is 0 Å². The number of hydrogen-bond acceptors (Lipinski definition) is 4. The summed E-state index contributed by atoms with van der Waals surface area (Å²) < 4.78 is 0. The first-order valence-electron chi connectivity index (χ1n) is 5.89. The number of carboxylic acids is 1. The first-order valence-corrected chi connectivity index (χ1v) is 7.05. The van der Waals surface area contributed by atoms with Gasteiger partial charge >= 0.3 is 5.97 Å². The number of hydrogen-bond donors (Lipinski definition) is 2. The number of carbonyl (C=O) groups is 2. The fourth-order valence-electron chi connectivity index (χ4n) is 1.74. The summed E-state index contributed by atoms with van der Waals surface area (Å²) >= 11 is 1.73. The summed E-state index contributed by atoms with van der Waals surface area (Å²) in [6, 6.07) is -0.269. The van der Waals surface area contributed by atoms with Crippen molar-refractivity contribution in [1.29, 1.82) is 0 Å². The lowest BCUT2D eigenvalue weighted by atomic mass is 10.1. The molecule has 0 aliphatic carbocycles. The average molecular weight is 260 g/mol. The highest BCUT2D eigenvalue weighted by Crippen LogP contribution is 2.13. The van der Waals surface area contributed by atoms with E-state index >= 15 is 0 Å². The van der Waals surface area contributed by atoms with Crippen molar-refractivity contribution in [1.82, 2.24) is 10.2 Å². The molecule has 1 amide bonds. The molecule has 5 nitrogen and oxygen atoms in total.